The van der Waals surface area contributed by atoms with Crippen molar-refractivity contribution in [2.75, 3.05) is 19.8 Å². The average Bonchev–Trinajstić information content (AvgIpc) is 3.68. The predicted molar refractivity (Wildman–Crippen MR) is 236 cm³/mol. The third-order valence-corrected chi connectivity index (χ3v) is 11.3. The van der Waals surface area contributed by atoms with E-state index in [1.54, 1.807) is 62.4 Å². The van der Waals surface area contributed by atoms with E-state index in [1.165, 1.54) is 0 Å². The van der Waals surface area contributed by atoms with Crippen LogP contribution < -0.4 is 0 Å². The summed E-state index contributed by atoms with van der Waals surface area (Å²) in [6, 6.07) is 47.0. The monoisotopic (exact) mass is 888 g/mol. The van der Waals surface area contributed by atoms with Gasteiger partial charge in [0.05, 0.1) is 50.3 Å². The highest BCUT2D eigenvalue weighted by Gasteiger charge is 2.58. The largest absolute Gasteiger partial charge is 0.459 e. The number of hydrogen-bond donors (Lipinski definition) is 0. The van der Waals surface area contributed by atoms with Crippen molar-refractivity contribution in [3.05, 3.63) is 179 Å². The highest BCUT2D eigenvalue weighted by Crippen LogP contribution is 2.40. The smallest absolute Gasteiger partial charge is 0.338 e. The second-order valence-electron chi connectivity index (χ2n) is 16.5. The molecule has 5 aromatic rings. The summed E-state index contributed by atoms with van der Waals surface area (Å²) in [4.78, 5) is 26.6. The second kappa shape index (κ2) is 22.2. The molecule has 13 heteroatoms. The summed E-state index contributed by atoms with van der Waals surface area (Å²) < 4.78 is 70.5. The molecule has 8 rings (SSSR count). The molecular formula is C52H56O13. The van der Waals surface area contributed by atoms with Gasteiger partial charge in [-0.2, -0.15) is 0 Å². The molecule has 3 saturated heterocycles. The molecule has 0 aliphatic carbocycles. The molecule has 13 nitrogen and oxygen atoms in total. The predicted octanol–water partition coefficient (Wildman–Crippen LogP) is 7.85. The molecule has 3 fully saturated rings. The lowest BCUT2D eigenvalue weighted by Gasteiger charge is -2.45. The summed E-state index contributed by atoms with van der Waals surface area (Å²) in [5.41, 5.74) is 3.69. The molecule has 0 spiro atoms. The van der Waals surface area contributed by atoms with E-state index in [0.717, 1.165) is 16.7 Å². The molecule has 3 heterocycles. The number of fused-ring (bicyclic) bond motifs is 1. The summed E-state index contributed by atoms with van der Waals surface area (Å²) in [6.07, 6.45) is -7.97. The number of carbonyl (C=O) groups is 2. The molecule has 65 heavy (non-hydrogen) atoms. The Kier molecular flexibility index (Phi) is 15.8. The van der Waals surface area contributed by atoms with E-state index in [-0.39, 0.29) is 26.4 Å². The lowest BCUT2D eigenvalue weighted by molar-refractivity contribution is -0.325. The van der Waals surface area contributed by atoms with Crippen molar-refractivity contribution < 1.29 is 61.7 Å². The van der Waals surface area contributed by atoms with Gasteiger partial charge in [-0.05, 0) is 61.7 Å². The van der Waals surface area contributed by atoms with Crippen molar-refractivity contribution in [2.45, 2.75) is 108 Å². The fourth-order valence-corrected chi connectivity index (χ4v) is 8.14. The highest BCUT2D eigenvalue weighted by atomic mass is 16.8. The van der Waals surface area contributed by atoms with E-state index in [1.807, 2.05) is 110 Å². The first-order valence-electron chi connectivity index (χ1n) is 22.1. The Bertz CT molecular complexity index is 2210. The Labute approximate surface area is 379 Å². The van der Waals surface area contributed by atoms with E-state index in [2.05, 4.69) is 0 Å². The number of esters is 2. The number of ether oxygens (including phenoxy) is 11. The van der Waals surface area contributed by atoms with Crippen LogP contribution in [0.4, 0.5) is 0 Å². The molecule has 0 N–H and O–H groups in total. The molecule has 342 valence electrons. The summed E-state index contributed by atoms with van der Waals surface area (Å²) in [7, 11) is 0. The minimum atomic E-state index is -1.18. The summed E-state index contributed by atoms with van der Waals surface area (Å²) in [5, 5.41) is 0. The number of benzene rings is 5. The van der Waals surface area contributed by atoms with Gasteiger partial charge in [-0.3, -0.25) is 0 Å². The zero-order valence-corrected chi connectivity index (χ0v) is 36.8. The first kappa shape index (κ1) is 46.2. The van der Waals surface area contributed by atoms with Crippen molar-refractivity contribution in [3.63, 3.8) is 0 Å². The Balaban J connectivity index is 1.00. The fraction of sp³-hybridized carbons (Fsp3) is 0.385. The molecule has 0 saturated carbocycles. The Morgan fingerprint density at radius 2 is 0.923 bits per heavy atom. The zero-order chi connectivity index (χ0) is 45.0. The first-order chi connectivity index (χ1) is 31.7. The zero-order valence-electron chi connectivity index (χ0n) is 36.8. The SMILES string of the molecule is C[C@@H]1O[C@@H](OCCO[C@@H]2O[C@H](COC(=O)c3ccccc3)[C@@H]3OC(C)(C)O[C@@H]3[C@H]2OC(=O)c2ccccc2)[C@@H](OCc2ccccc2)[C@H](OCc2ccccc2)[C@@H]1OCc1ccccc1. The lowest BCUT2D eigenvalue weighted by atomic mass is 9.98. The van der Waals surface area contributed by atoms with Gasteiger partial charge < -0.3 is 52.1 Å². The summed E-state index contributed by atoms with van der Waals surface area (Å²) in [5.74, 6) is -2.21. The van der Waals surface area contributed by atoms with Crippen LogP contribution in [0.5, 0.6) is 0 Å². The van der Waals surface area contributed by atoms with Crippen LogP contribution in [0.1, 0.15) is 58.2 Å². The minimum Gasteiger partial charge on any atom is -0.459 e. The normalized spacial score (nSPS) is 27.1. The van der Waals surface area contributed by atoms with Crippen LogP contribution in [-0.2, 0) is 71.9 Å². The average molecular weight is 889 g/mol. The molecule has 3 aliphatic rings. The third kappa shape index (κ3) is 12.3. The van der Waals surface area contributed by atoms with Gasteiger partial charge in [-0.25, -0.2) is 9.59 Å². The molecule has 10 atom stereocenters. The maximum Gasteiger partial charge on any atom is 0.338 e. The van der Waals surface area contributed by atoms with E-state index in [4.69, 9.17) is 52.1 Å². The van der Waals surface area contributed by atoms with Crippen molar-refractivity contribution >= 4 is 11.9 Å². The minimum absolute atomic E-state index is 0.00729. The molecular weight excluding hydrogens is 833 g/mol. The van der Waals surface area contributed by atoms with E-state index < -0.39 is 79.1 Å². The van der Waals surface area contributed by atoms with E-state index in [0.29, 0.717) is 24.3 Å². The van der Waals surface area contributed by atoms with Crippen LogP contribution in [0.2, 0.25) is 0 Å². The van der Waals surface area contributed by atoms with Gasteiger partial charge in [0.15, 0.2) is 24.5 Å². The highest BCUT2D eigenvalue weighted by molar-refractivity contribution is 5.89. The van der Waals surface area contributed by atoms with Crippen LogP contribution >= 0.6 is 0 Å². The van der Waals surface area contributed by atoms with Gasteiger partial charge in [0.25, 0.3) is 0 Å². The molecule has 0 bridgehead atoms. The van der Waals surface area contributed by atoms with Crippen LogP contribution in [0, 0.1) is 0 Å². The van der Waals surface area contributed by atoms with Gasteiger partial charge in [-0.1, -0.05) is 127 Å². The number of carbonyl (C=O) groups excluding carboxylic acids is 2. The molecule has 0 aromatic heterocycles. The van der Waals surface area contributed by atoms with E-state index in [9.17, 15) is 9.59 Å². The van der Waals surface area contributed by atoms with Crippen molar-refractivity contribution in [2.24, 2.45) is 0 Å². The van der Waals surface area contributed by atoms with Gasteiger partial charge in [-0.15, -0.1) is 0 Å². The van der Waals surface area contributed by atoms with E-state index >= 15 is 0 Å². The third-order valence-electron chi connectivity index (χ3n) is 11.3. The number of rotatable bonds is 19. The second-order valence-corrected chi connectivity index (χ2v) is 16.5. The summed E-state index contributed by atoms with van der Waals surface area (Å²) >= 11 is 0. The van der Waals surface area contributed by atoms with Crippen LogP contribution in [0.15, 0.2) is 152 Å². The molecule has 0 radical (unpaired) electrons. The van der Waals surface area contributed by atoms with Gasteiger partial charge in [0.1, 0.15) is 43.2 Å². The van der Waals surface area contributed by atoms with Gasteiger partial charge in [0, 0.05) is 0 Å². The molecule has 0 amide bonds. The van der Waals surface area contributed by atoms with Crippen LogP contribution in [0.25, 0.3) is 0 Å². The summed E-state index contributed by atoms with van der Waals surface area (Å²) in [6.45, 7) is 6.14. The first-order valence-corrected chi connectivity index (χ1v) is 22.1. The van der Waals surface area contributed by atoms with Gasteiger partial charge >= 0.3 is 11.9 Å². The Morgan fingerprint density at radius 1 is 0.492 bits per heavy atom. The van der Waals surface area contributed by atoms with Crippen molar-refractivity contribution in [1.82, 2.24) is 0 Å². The lowest BCUT2D eigenvalue weighted by Crippen LogP contribution is -2.60. The Hall–Kier alpha value is -5.32. The maximum atomic E-state index is 13.6. The van der Waals surface area contributed by atoms with Gasteiger partial charge in [0.2, 0.25) is 0 Å². The maximum absolute atomic E-state index is 13.6. The number of hydrogen-bond acceptors (Lipinski definition) is 13. The van der Waals surface area contributed by atoms with Crippen molar-refractivity contribution in [1.29, 1.82) is 0 Å². The molecule has 5 aromatic carbocycles. The topological polar surface area (TPSA) is 136 Å². The Morgan fingerprint density at radius 3 is 1.45 bits per heavy atom. The van der Waals surface area contributed by atoms with Crippen molar-refractivity contribution in [3.8, 4) is 0 Å². The van der Waals surface area contributed by atoms with Crippen LogP contribution in [0.3, 0.4) is 0 Å². The quantitative estimate of drug-likeness (QED) is 0.0589. The molecule has 0 unspecified atom stereocenters. The standard InChI is InChI=1S/C52H56O13/c1-35-42(57-31-36-19-9-4-10-20-36)44(58-32-37-21-11-5-12-22-37)46(59-33-38-23-13-6-14-24-38)50(61-35)55-29-30-56-51-47(63-49(54)40-27-17-8-18-28-40)45-43(64-52(2,3)65-45)41(62-51)34-60-48(53)39-25-15-7-16-26-39/h4-28,35,41-47,50-51H,29-34H2,1-3H3/t35-,41+,42+,43-,44+,45-,46-,47+,50+,51+/m0/s1. The fourth-order valence-electron chi connectivity index (χ4n) is 8.14. The van der Waals surface area contributed by atoms with Crippen LogP contribution in [-0.4, -0.2) is 99.0 Å². The molecule has 3 aliphatic heterocycles.